The van der Waals surface area contributed by atoms with Gasteiger partial charge in [-0.05, 0) is 48.9 Å². The molecule has 0 aliphatic heterocycles. The molecule has 0 saturated carbocycles. The zero-order chi connectivity index (χ0) is 14.9. The first-order valence-electron chi connectivity index (χ1n) is 5.63. The van der Waals surface area contributed by atoms with Crippen LogP contribution in [-0.2, 0) is 10.0 Å². The maximum absolute atomic E-state index is 13.7. The number of sulfonamides is 1. The SMILES string of the molecule is Cc1cc(N)ccc1S(=O)(=O)Nc1ccc(Br)cc1F. The quantitative estimate of drug-likeness (QED) is 0.827. The number of nitrogens with one attached hydrogen (secondary N) is 1. The van der Waals surface area contributed by atoms with Gasteiger partial charge >= 0.3 is 0 Å². The van der Waals surface area contributed by atoms with Crippen LogP contribution in [-0.4, -0.2) is 8.42 Å². The van der Waals surface area contributed by atoms with Gasteiger partial charge in [-0.3, -0.25) is 4.72 Å². The monoisotopic (exact) mass is 358 g/mol. The van der Waals surface area contributed by atoms with Crippen LogP contribution in [0.5, 0.6) is 0 Å². The summed E-state index contributed by atoms with van der Waals surface area (Å²) in [6, 6.07) is 8.52. The van der Waals surface area contributed by atoms with Crippen molar-refractivity contribution in [3.8, 4) is 0 Å². The zero-order valence-electron chi connectivity index (χ0n) is 10.5. The van der Waals surface area contributed by atoms with Gasteiger partial charge in [0.1, 0.15) is 5.82 Å². The van der Waals surface area contributed by atoms with E-state index in [1.165, 1.54) is 24.3 Å². The third-order valence-corrected chi connectivity index (χ3v) is 4.68. The molecular weight excluding hydrogens is 347 g/mol. The molecule has 0 amide bonds. The summed E-state index contributed by atoms with van der Waals surface area (Å²) in [5.41, 5.74) is 6.44. The number of hydrogen-bond donors (Lipinski definition) is 2. The number of halogens is 2. The molecule has 0 aliphatic carbocycles. The van der Waals surface area contributed by atoms with Crippen molar-refractivity contribution >= 4 is 37.3 Å². The maximum atomic E-state index is 13.7. The zero-order valence-corrected chi connectivity index (χ0v) is 12.9. The van der Waals surface area contributed by atoms with Gasteiger partial charge in [-0.25, -0.2) is 12.8 Å². The molecule has 106 valence electrons. The van der Waals surface area contributed by atoms with Crippen LogP contribution >= 0.6 is 15.9 Å². The standard InChI is InChI=1S/C13H12BrFN2O2S/c1-8-6-10(16)3-5-13(8)20(18,19)17-12-4-2-9(14)7-11(12)15/h2-7,17H,16H2,1H3. The summed E-state index contributed by atoms with van der Waals surface area (Å²) in [5.74, 6) is -0.656. The van der Waals surface area contributed by atoms with Gasteiger partial charge in [-0.15, -0.1) is 0 Å². The van der Waals surface area contributed by atoms with Crippen LogP contribution in [0.25, 0.3) is 0 Å². The van der Waals surface area contributed by atoms with Gasteiger partial charge in [0, 0.05) is 10.2 Å². The Labute approximate surface area is 125 Å². The number of benzene rings is 2. The summed E-state index contributed by atoms with van der Waals surface area (Å²) >= 11 is 3.11. The third kappa shape index (κ3) is 3.10. The Balaban J connectivity index is 2.41. The van der Waals surface area contributed by atoms with Gasteiger partial charge < -0.3 is 5.73 Å². The second-order valence-electron chi connectivity index (χ2n) is 4.25. The second kappa shape index (κ2) is 5.41. The van der Waals surface area contributed by atoms with Crippen molar-refractivity contribution < 1.29 is 12.8 Å². The Bertz CT molecular complexity index is 763. The third-order valence-electron chi connectivity index (χ3n) is 2.66. The van der Waals surface area contributed by atoms with Crippen LogP contribution < -0.4 is 10.5 Å². The smallest absolute Gasteiger partial charge is 0.262 e. The lowest BCUT2D eigenvalue weighted by molar-refractivity contribution is 0.598. The molecule has 7 heteroatoms. The van der Waals surface area contributed by atoms with Crippen LogP contribution in [0.2, 0.25) is 0 Å². The normalized spacial score (nSPS) is 11.3. The topological polar surface area (TPSA) is 72.2 Å². The molecule has 0 aliphatic rings. The summed E-state index contributed by atoms with van der Waals surface area (Å²) < 4.78 is 40.9. The number of anilines is 2. The van der Waals surface area contributed by atoms with E-state index < -0.39 is 15.8 Å². The van der Waals surface area contributed by atoms with Crippen LogP contribution in [0.15, 0.2) is 45.8 Å². The van der Waals surface area contributed by atoms with Crippen molar-refractivity contribution in [2.45, 2.75) is 11.8 Å². The number of hydrogen-bond acceptors (Lipinski definition) is 3. The minimum atomic E-state index is -3.86. The van der Waals surface area contributed by atoms with Crippen molar-refractivity contribution in [2.75, 3.05) is 10.5 Å². The molecule has 4 nitrogen and oxygen atoms in total. The largest absolute Gasteiger partial charge is 0.399 e. The van der Waals surface area contributed by atoms with Gasteiger partial charge in [0.05, 0.1) is 10.6 Å². The number of nitrogen functional groups attached to an aromatic ring is 1. The summed E-state index contributed by atoms with van der Waals surface area (Å²) in [7, 11) is -3.86. The molecule has 0 atom stereocenters. The van der Waals surface area contributed by atoms with E-state index in [0.717, 1.165) is 0 Å². The predicted molar refractivity (Wildman–Crippen MR) is 80.5 cm³/mol. The molecule has 3 N–H and O–H groups in total. The lowest BCUT2D eigenvalue weighted by Crippen LogP contribution is -2.15. The molecule has 0 aromatic heterocycles. The average Bonchev–Trinajstić information content (AvgIpc) is 2.32. The fourth-order valence-corrected chi connectivity index (χ4v) is 3.37. The van der Waals surface area contributed by atoms with Crippen molar-refractivity contribution in [3.05, 3.63) is 52.3 Å². The van der Waals surface area contributed by atoms with E-state index in [9.17, 15) is 12.8 Å². The molecule has 2 aromatic rings. The van der Waals surface area contributed by atoms with Crippen LogP contribution in [0.4, 0.5) is 15.8 Å². The molecule has 2 aromatic carbocycles. The van der Waals surface area contributed by atoms with Gasteiger partial charge in [0.2, 0.25) is 0 Å². The molecule has 0 spiro atoms. The molecule has 20 heavy (non-hydrogen) atoms. The summed E-state index contributed by atoms with van der Waals surface area (Å²) in [5, 5.41) is 0. The van der Waals surface area contributed by atoms with E-state index >= 15 is 0 Å². The Morgan fingerprint density at radius 1 is 1.20 bits per heavy atom. The fourth-order valence-electron chi connectivity index (χ4n) is 1.75. The van der Waals surface area contributed by atoms with Crippen LogP contribution in [0.1, 0.15) is 5.56 Å². The van der Waals surface area contributed by atoms with Crippen LogP contribution in [0, 0.1) is 12.7 Å². The Morgan fingerprint density at radius 2 is 1.90 bits per heavy atom. The van der Waals surface area contributed by atoms with Gasteiger partial charge in [0.15, 0.2) is 0 Å². The molecule has 0 radical (unpaired) electrons. The van der Waals surface area contributed by atoms with E-state index in [2.05, 4.69) is 20.7 Å². The lowest BCUT2D eigenvalue weighted by Gasteiger charge is -2.11. The van der Waals surface area contributed by atoms with Crippen molar-refractivity contribution in [1.82, 2.24) is 0 Å². The number of aryl methyl sites for hydroxylation is 1. The molecule has 0 unspecified atom stereocenters. The second-order valence-corrected chi connectivity index (χ2v) is 6.82. The Hall–Kier alpha value is -1.60. The summed E-state index contributed by atoms with van der Waals surface area (Å²) in [6.07, 6.45) is 0. The van der Waals surface area contributed by atoms with E-state index in [1.54, 1.807) is 19.1 Å². The maximum Gasteiger partial charge on any atom is 0.262 e. The molecular formula is C13H12BrFN2O2S. The number of rotatable bonds is 3. The molecule has 2 rings (SSSR count). The number of nitrogens with two attached hydrogens (primary N) is 1. The summed E-state index contributed by atoms with van der Waals surface area (Å²) in [4.78, 5) is 0.0639. The molecule has 0 heterocycles. The van der Waals surface area contributed by atoms with E-state index in [1.807, 2.05) is 0 Å². The Kier molecular flexibility index (Phi) is 4.01. The predicted octanol–water partition coefficient (Wildman–Crippen LogP) is 3.28. The molecule has 0 bridgehead atoms. The highest BCUT2D eigenvalue weighted by Crippen LogP contribution is 2.24. The van der Waals surface area contributed by atoms with E-state index in [-0.39, 0.29) is 10.6 Å². The first kappa shape index (κ1) is 14.8. The van der Waals surface area contributed by atoms with Crippen molar-refractivity contribution in [2.24, 2.45) is 0 Å². The van der Waals surface area contributed by atoms with E-state index in [4.69, 9.17) is 5.73 Å². The average molecular weight is 359 g/mol. The van der Waals surface area contributed by atoms with E-state index in [0.29, 0.717) is 15.7 Å². The van der Waals surface area contributed by atoms with Crippen molar-refractivity contribution in [1.29, 1.82) is 0 Å². The van der Waals surface area contributed by atoms with Gasteiger partial charge in [-0.2, -0.15) is 0 Å². The molecule has 0 saturated heterocycles. The lowest BCUT2D eigenvalue weighted by atomic mass is 10.2. The highest BCUT2D eigenvalue weighted by Gasteiger charge is 2.18. The minimum Gasteiger partial charge on any atom is -0.399 e. The Morgan fingerprint density at radius 3 is 2.50 bits per heavy atom. The first-order chi connectivity index (χ1) is 9.29. The molecule has 0 fully saturated rings. The fraction of sp³-hybridized carbons (Fsp3) is 0.0769. The highest BCUT2D eigenvalue weighted by atomic mass is 79.9. The first-order valence-corrected chi connectivity index (χ1v) is 7.91. The highest BCUT2D eigenvalue weighted by molar-refractivity contribution is 9.10. The van der Waals surface area contributed by atoms with Gasteiger partial charge in [-0.1, -0.05) is 15.9 Å². The summed E-state index contributed by atoms with van der Waals surface area (Å²) in [6.45, 7) is 1.63. The minimum absolute atomic E-state index is 0.0639. The van der Waals surface area contributed by atoms with Crippen molar-refractivity contribution in [3.63, 3.8) is 0 Å². The van der Waals surface area contributed by atoms with Gasteiger partial charge in [0.25, 0.3) is 10.0 Å². The van der Waals surface area contributed by atoms with Crippen LogP contribution in [0.3, 0.4) is 0 Å².